The van der Waals surface area contributed by atoms with Gasteiger partial charge in [0.2, 0.25) is 0 Å². The highest BCUT2D eigenvalue weighted by molar-refractivity contribution is 6.30. The third-order valence-electron chi connectivity index (χ3n) is 3.44. The van der Waals surface area contributed by atoms with Gasteiger partial charge in [0.15, 0.2) is 0 Å². The lowest BCUT2D eigenvalue weighted by molar-refractivity contribution is -0.140. The second kappa shape index (κ2) is 5.22. The lowest BCUT2D eigenvalue weighted by Crippen LogP contribution is -2.16. The Kier molecular flexibility index (Phi) is 3.39. The molecule has 5 heteroatoms. The number of hydrogen-bond donors (Lipinski definition) is 1. The third-order valence-corrected chi connectivity index (χ3v) is 3.69. The summed E-state index contributed by atoms with van der Waals surface area (Å²) in [5, 5.41) is 9.99. The maximum absolute atomic E-state index is 11.4. The molecule has 1 atom stereocenters. The van der Waals surface area contributed by atoms with Gasteiger partial charge in [-0.3, -0.25) is 0 Å². The summed E-state index contributed by atoms with van der Waals surface area (Å²) in [5.41, 5.74) is 2.41. The molecule has 1 aromatic heterocycles. The van der Waals surface area contributed by atoms with Crippen molar-refractivity contribution in [1.82, 2.24) is 9.55 Å². The summed E-state index contributed by atoms with van der Waals surface area (Å²) < 4.78 is 1.74. The highest BCUT2D eigenvalue weighted by Gasteiger charge is 2.21. The fourth-order valence-electron chi connectivity index (χ4n) is 2.35. The van der Waals surface area contributed by atoms with Gasteiger partial charge >= 0.3 is 5.97 Å². The first-order valence-electron chi connectivity index (χ1n) is 6.53. The summed E-state index contributed by atoms with van der Waals surface area (Å²) in [4.78, 5) is 16.0. The summed E-state index contributed by atoms with van der Waals surface area (Å²) in [5.74, 6) is -0.267. The first-order chi connectivity index (χ1) is 10.1. The lowest BCUT2D eigenvalue weighted by atomic mass is 10.2. The van der Waals surface area contributed by atoms with Gasteiger partial charge in [-0.1, -0.05) is 23.7 Å². The fourth-order valence-corrected chi connectivity index (χ4v) is 2.48. The van der Waals surface area contributed by atoms with Crippen molar-refractivity contribution in [3.63, 3.8) is 0 Å². The van der Waals surface area contributed by atoms with Crippen LogP contribution in [-0.2, 0) is 4.79 Å². The molecular weight excluding hydrogens is 288 g/mol. The minimum Gasteiger partial charge on any atom is -0.480 e. The fraction of sp³-hybridized carbons (Fsp3) is 0.125. The van der Waals surface area contributed by atoms with Crippen LogP contribution in [0.25, 0.3) is 22.4 Å². The van der Waals surface area contributed by atoms with E-state index in [4.69, 9.17) is 11.6 Å². The molecule has 0 amide bonds. The van der Waals surface area contributed by atoms with Crippen LogP contribution >= 0.6 is 11.6 Å². The van der Waals surface area contributed by atoms with Crippen molar-refractivity contribution in [3.8, 4) is 11.4 Å². The number of carbonyl (C=O) groups is 1. The van der Waals surface area contributed by atoms with Crippen molar-refractivity contribution in [2.24, 2.45) is 0 Å². The molecule has 0 saturated heterocycles. The van der Waals surface area contributed by atoms with E-state index in [9.17, 15) is 9.90 Å². The summed E-state index contributed by atoms with van der Waals surface area (Å²) in [6.07, 6.45) is 0. The minimum atomic E-state index is -0.895. The largest absolute Gasteiger partial charge is 0.480 e. The number of para-hydroxylation sites is 2. The monoisotopic (exact) mass is 300 g/mol. The molecule has 0 saturated carbocycles. The van der Waals surface area contributed by atoms with Crippen molar-refractivity contribution in [2.45, 2.75) is 13.0 Å². The van der Waals surface area contributed by atoms with Crippen LogP contribution in [0.4, 0.5) is 0 Å². The predicted octanol–water partition coefficient (Wildman–Crippen LogP) is 4.00. The van der Waals surface area contributed by atoms with Gasteiger partial charge in [0.25, 0.3) is 0 Å². The zero-order valence-corrected chi connectivity index (χ0v) is 12.1. The van der Waals surface area contributed by atoms with E-state index in [0.29, 0.717) is 10.8 Å². The Balaban J connectivity index is 2.28. The smallest absolute Gasteiger partial charge is 0.326 e. The van der Waals surface area contributed by atoms with Crippen molar-refractivity contribution < 1.29 is 9.90 Å². The summed E-state index contributed by atoms with van der Waals surface area (Å²) in [6.45, 7) is 1.65. The van der Waals surface area contributed by atoms with Crippen LogP contribution in [0.2, 0.25) is 5.02 Å². The lowest BCUT2D eigenvalue weighted by Gasteiger charge is -2.13. The Morgan fingerprint density at radius 2 is 1.86 bits per heavy atom. The predicted molar refractivity (Wildman–Crippen MR) is 82.5 cm³/mol. The average molecular weight is 301 g/mol. The molecule has 0 bridgehead atoms. The topological polar surface area (TPSA) is 55.1 Å². The Morgan fingerprint density at radius 1 is 1.19 bits per heavy atom. The molecule has 0 aliphatic rings. The number of carboxylic acids is 1. The van der Waals surface area contributed by atoms with E-state index in [0.717, 1.165) is 16.6 Å². The normalized spacial score (nSPS) is 12.5. The molecule has 1 unspecified atom stereocenters. The molecule has 3 rings (SSSR count). The Bertz CT molecular complexity index is 809. The van der Waals surface area contributed by atoms with Gasteiger partial charge in [0, 0.05) is 10.6 Å². The quantitative estimate of drug-likeness (QED) is 0.795. The molecule has 106 valence electrons. The van der Waals surface area contributed by atoms with Crippen LogP contribution in [0.1, 0.15) is 13.0 Å². The van der Waals surface area contributed by atoms with E-state index in [1.54, 1.807) is 23.6 Å². The van der Waals surface area contributed by atoms with Crippen molar-refractivity contribution in [1.29, 1.82) is 0 Å². The molecule has 4 nitrogen and oxygen atoms in total. The number of halogens is 1. The van der Waals surface area contributed by atoms with E-state index in [1.165, 1.54) is 0 Å². The van der Waals surface area contributed by atoms with Gasteiger partial charge in [0.05, 0.1) is 11.0 Å². The summed E-state index contributed by atoms with van der Waals surface area (Å²) >= 11 is 5.91. The van der Waals surface area contributed by atoms with Crippen LogP contribution in [-0.4, -0.2) is 20.6 Å². The average Bonchev–Trinajstić information content (AvgIpc) is 2.86. The van der Waals surface area contributed by atoms with Crippen LogP contribution in [0.3, 0.4) is 0 Å². The van der Waals surface area contributed by atoms with E-state index >= 15 is 0 Å². The number of benzene rings is 2. The first kappa shape index (κ1) is 13.6. The molecule has 0 fully saturated rings. The Labute approximate surface area is 126 Å². The SMILES string of the molecule is CC(C(=O)O)n1c(-c2ccc(Cl)cc2)nc2ccccc21. The van der Waals surface area contributed by atoms with Crippen LogP contribution < -0.4 is 0 Å². The van der Waals surface area contributed by atoms with E-state index < -0.39 is 12.0 Å². The van der Waals surface area contributed by atoms with Crippen LogP contribution in [0.5, 0.6) is 0 Å². The Hall–Kier alpha value is -2.33. The second-order valence-corrected chi connectivity index (χ2v) is 5.25. The molecule has 2 aromatic carbocycles. The molecule has 0 radical (unpaired) electrons. The standard InChI is InChI=1S/C16H13ClN2O2/c1-10(16(20)21)19-14-5-3-2-4-13(14)18-15(19)11-6-8-12(17)9-7-11/h2-10H,1H3,(H,20,21). The van der Waals surface area contributed by atoms with Gasteiger partial charge in [-0.2, -0.15) is 0 Å². The number of nitrogens with zero attached hydrogens (tertiary/aromatic N) is 2. The number of aromatic nitrogens is 2. The van der Waals surface area contributed by atoms with Crippen molar-refractivity contribution in [2.75, 3.05) is 0 Å². The van der Waals surface area contributed by atoms with Crippen molar-refractivity contribution in [3.05, 3.63) is 53.6 Å². The number of imidazole rings is 1. The number of carboxylic acid groups (broad SMARTS) is 1. The molecule has 0 aliphatic heterocycles. The van der Waals surface area contributed by atoms with Crippen LogP contribution in [0.15, 0.2) is 48.5 Å². The zero-order chi connectivity index (χ0) is 15.0. The number of rotatable bonds is 3. The van der Waals surface area contributed by atoms with Gasteiger partial charge in [0.1, 0.15) is 11.9 Å². The Morgan fingerprint density at radius 3 is 2.52 bits per heavy atom. The molecule has 21 heavy (non-hydrogen) atoms. The molecule has 1 heterocycles. The van der Waals surface area contributed by atoms with Crippen molar-refractivity contribution >= 4 is 28.6 Å². The minimum absolute atomic E-state index is 0.628. The molecule has 1 N–H and O–H groups in total. The third kappa shape index (κ3) is 2.38. The van der Waals surface area contributed by atoms with E-state index in [2.05, 4.69) is 4.98 Å². The van der Waals surface area contributed by atoms with E-state index in [-0.39, 0.29) is 0 Å². The zero-order valence-electron chi connectivity index (χ0n) is 11.3. The number of fused-ring (bicyclic) bond motifs is 1. The molecule has 0 spiro atoms. The molecular formula is C16H13ClN2O2. The van der Waals surface area contributed by atoms with Crippen LogP contribution in [0, 0.1) is 0 Å². The number of aliphatic carboxylic acids is 1. The second-order valence-electron chi connectivity index (χ2n) is 4.82. The highest BCUT2D eigenvalue weighted by Crippen LogP contribution is 2.29. The van der Waals surface area contributed by atoms with Gasteiger partial charge in [-0.05, 0) is 43.3 Å². The van der Waals surface area contributed by atoms with Gasteiger partial charge < -0.3 is 9.67 Å². The van der Waals surface area contributed by atoms with E-state index in [1.807, 2.05) is 36.4 Å². The molecule has 0 aliphatic carbocycles. The number of hydrogen-bond acceptors (Lipinski definition) is 2. The highest BCUT2D eigenvalue weighted by atomic mass is 35.5. The van der Waals surface area contributed by atoms with Gasteiger partial charge in [-0.25, -0.2) is 9.78 Å². The maximum Gasteiger partial charge on any atom is 0.326 e. The maximum atomic E-state index is 11.4. The summed E-state index contributed by atoms with van der Waals surface area (Å²) in [6, 6.07) is 14.0. The van der Waals surface area contributed by atoms with Gasteiger partial charge in [-0.15, -0.1) is 0 Å². The first-order valence-corrected chi connectivity index (χ1v) is 6.91. The molecule has 3 aromatic rings. The summed E-state index contributed by atoms with van der Waals surface area (Å²) in [7, 11) is 0.